The number of hydrogen-bond acceptors (Lipinski definition) is 6. The topological polar surface area (TPSA) is 139 Å². The molecule has 10 heteroatoms. The first-order valence-electron chi connectivity index (χ1n) is 9.15. The molecule has 0 bridgehead atoms. The third-order valence-corrected chi connectivity index (χ3v) is 7.35. The average Bonchev–Trinajstić information content (AvgIpc) is 3.28. The number of sulfonamides is 1. The van der Waals surface area contributed by atoms with Crippen LogP contribution >= 0.6 is 0 Å². The van der Waals surface area contributed by atoms with Crippen LogP contribution in [0.5, 0.6) is 0 Å². The number of hydrogen-bond donors (Lipinski definition) is 3. The summed E-state index contributed by atoms with van der Waals surface area (Å²) in [6, 6.07) is -0.250. The van der Waals surface area contributed by atoms with Crippen LogP contribution in [-0.2, 0) is 19.6 Å². The number of amides is 1. The smallest absolute Gasteiger partial charge is 0.306 e. The fourth-order valence-corrected chi connectivity index (χ4v) is 5.94. The SMILES string of the molecule is Cc1noc(C)c1S(=O)(=O)NC1(C(=O)N[C@H]2CC[C@@H](C(=O)O)C2)CCCC1. The summed E-state index contributed by atoms with van der Waals surface area (Å²) >= 11 is 0. The Kier molecular flexibility index (Phi) is 5.31. The van der Waals surface area contributed by atoms with E-state index in [9.17, 15) is 18.0 Å². The van der Waals surface area contributed by atoms with Gasteiger partial charge in [-0.25, -0.2) is 8.42 Å². The molecule has 0 unspecified atom stereocenters. The molecule has 0 saturated heterocycles. The molecule has 2 saturated carbocycles. The Bertz CT molecular complexity index is 821. The molecule has 1 aromatic rings. The van der Waals surface area contributed by atoms with Crippen molar-refractivity contribution in [2.24, 2.45) is 5.92 Å². The van der Waals surface area contributed by atoms with Crippen molar-refractivity contribution in [2.45, 2.75) is 75.3 Å². The highest BCUT2D eigenvalue weighted by Gasteiger charge is 2.46. The largest absolute Gasteiger partial charge is 0.481 e. The molecular formula is C17H25N3O6S. The van der Waals surface area contributed by atoms with E-state index in [1.807, 2.05) is 0 Å². The van der Waals surface area contributed by atoms with E-state index in [-0.39, 0.29) is 28.3 Å². The van der Waals surface area contributed by atoms with Gasteiger partial charge in [0.15, 0.2) is 5.76 Å². The first-order valence-corrected chi connectivity index (χ1v) is 10.6. The summed E-state index contributed by atoms with van der Waals surface area (Å²) in [5.74, 6) is -1.53. The van der Waals surface area contributed by atoms with Crippen LogP contribution in [-0.4, -0.2) is 42.1 Å². The second kappa shape index (κ2) is 7.23. The van der Waals surface area contributed by atoms with Crippen molar-refractivity contribution < 1.29 is 27.6 Å². The van der Waals surface area contributed by atoms with Crippen molar-refractivity contribution in [2.75, 3.05) is 0 Å². The van der Waals surface area contributed by atoms with Crippen molar-refractivity contribution >= 4 is 21.9 Å². The van der Waals surface area contributed by atoms with Crippen molar-refractivity contribution in [1.82, 2.24) is 15.2 Å². The summed E-state index contributed by atoms with van der Waals surface area (Å²) in [4.78, 5) is 24.1. The van der Waals surface area contributed by atoms with E-state index in [1.54, 1.807) is 0 Å². The molecule has 2 fully saturated rings. The van der Waals surface area contributed by atoms with Gasteiger partial charge in [-0.1, -0.05) is 18.0 Å². The lowest BCUT2D eigenvalue weighted by Crippen LogP contribution is -2.58. The zero-order chi connectivity index (χ0) is 19.8. The normalized spacial score (nSPS) is 24.8. The Morgan fingerprint density at radius 1 is 1.22 bits per heavy atom. The third kappa shape index (κ3) is 3.86. The summed E-state index contributed by atoms with van der Waals surface area (Å²) < 4.78 is 33.4. The lowest BCUT2D eigenvalue weighted by atomic mass is 9.97. The molecule has 1 heterocycles. The average molecular weight is 399 g/mol. The van der Waals surface area contributed by atoms with Crippen LogP contribution in [0.2, 0.25) is 0 Å². The molecule has 150 valence electrons. The Morgan fingerprint density at radius 2 is 1.89 bits per heavy atom. The maximum Gasteiger partial charge on any atom is 0.306 e. The van der Waals surface area contributed by atoms with Gasteiger partial charge in [0, 0.05) is 6.04 Å². The second-order valence-electron chi connectivity index (χ2n) is 7.57. The number of aliphatic carboxylic acids is 1. The lowest BCUT2D eigenvalue weighted by Gasteiger charge is -2.30. The van der Waals surface area contributed by atoms with E-state index in [4.69, 9.17) is 9.63 Å². The van der Waals surface area contributed by atoms with Crippen molar-refractivity contribution in [3.63, 3.8) is 0 Å². The van der Waals surface area contributed by atoms with Gasteiger partial charge in [0.25, 0.3) is 0 Å². The predicted octanol–water partition coefficient (Wildman–Crippen LogP) is 1.25. The predicted molar refractivity (Wildman–Crippen MR) is 94.4 cm³/mol. The Balaban J connectivity index is 1.78. The maximum absolute atomic E-state index is 13.0. The number of carboxylic acids is 1. The monoisotopic (exact) mass is 399 g/mol. The number of aromatic nitrogens is 1. The molecule has 27 heavy (non-hydrogen) atoms. The van der Waals surface area contributed by atoms with Crippen LogP contribution in [0.4, 0.5) is 0 Å². The zero-order valence-corrected chi connectivity index (χ0v) is 16.3. The molecule has 0 aliphatic heterocycles. The fraction of sp³-hybridized carbons (Fsp3) is 0.706. The molecule has 3 rings (SSSR count). The van der Waals surface area contributed by atoms with Gasteiger partial charge in [-0.15, -0.1) is 0 Å². The molecule has 1 amide bonds. The molecule has 0 spiro atoms. The number of nitrogens with zero attached hydrogens (tertiary/aromatic N) is 1. The minimum Gasteiger partial charge on any atom is -0.481 e. The van der Waals surface area contributed by atoms with E-state index < -0.39 is 27.4 Å². The third-order valence-electron chi connectivity index (χ3n) is 5.58. The fourth-order valence-electron chi connectivity index (χ4n) is 4.18. The molecular weight excluding hydrogens is 374 g/mol. The van der Waals surface area contributed by atoms with Crippen molar-refractivity contribution in [1.29, 1.82) is 0 Å². The highest BCUT2D eigenvalue weighted by molar-refractivity contribution is 7.89. The number of nitrogens with one attached hydrogen (secondary N) is 2. The van der Waals surface area contributed by atoms with Gasteiger partial charge in [0.1, 0.15) is 16.1 Å². The summed E-state index contributed by atoms with van der Waals surface area (Å²) in [6.45, 7) is 3.05. The summed E-state index contributed by atoms with van der Waals surface area (Å²) in [7, 11) is -3.98. The number of rotatable bonds is 6. The molecule has 2 aliphatic rings. The number of carbonyl (C=O) groups is 2. The molecule has 1 aromatic heterocycles. The Hall–Kier alpha value is -1.94. The van der Waals surface area contributed by atoms with Crippen LogP contribution in [0, 0.1) is 19.8 Å². The first-order chi connectivity index (χ1) is 12.6. The van der Waals surface area contributed by atoms with Gasteiger partial charge >= 0.3 is 5.97 Å². The highest BCUT2D eigenvalue weighted by Crippen LogP contribution is 2.34. The van der Waals surface area contributed by atoms with E-state index in [2.05, 4.69) is 15.2 Å². The summed E-state index contributed by atoms with van der Waals surface area (Å²) in [5, 5.41) is 15.7. The van der Waals surface area contributed by atoms with Crippen LogP contribution in [0.15, 0.2) is 9.42 Å². The number of carbonyl (C=O) groups excluding carboxylic acids is 1. The minimum atomic E-state index is -3.98. The van der Waals surface area contributed by atoms with E-state index >= 15 is 0 Å². The van der Waals surface area contributed by atoms with Gasteiger partial charge < -0.3 is 14.9 Å². The molecule has 0 radical (unpaired) electrons. The zero-order valence-electron chi connectivity index (χ0n) is 15.4. The Labute approximate surface area is 157 Å². The molecule has 2 aliphatic carbocycles. The molecule has 3 N–H and O–H groups in total. The van der Waals surface area contributed by atoms with Crippen molar-refractivity contribution in [3.8, 4) is 0 Å². The van der Waals surface area contributed by atoms with Gasteiger partial charge in [0.05, 0.1) is 5.92 Å². The molecule has 0 aromatic carbocycles. The number of aryl methyl sites for hydroxylation is 2. The standard InChI is InChI=1S/C17H25N3O6S/c1-10-14(11(2)26-19-10)27(24,25)20-17(7-3-4-8-17)16(23)18-13-6-5-12(9-13)15(21)22/h12-13,20H,3-9H2,1-2H3,(H,18,23)(H,21,22)/t12-,13+/m1/s1. The van der Waals surface area contributed by atoms with Gasteiger partial charge in [-0.05, 0) is 46.0 Å². The lowest BCUT2D eigenvalue weighted by molar-refractivity contribution is -0.141. The Morgan fingerprint density at radius 3 is 2.41 bits per heavy atom. The summed E-state index contributed by atoms with van der Waals surface area (Å²) in [5.41, 5.74) is -0.982. The van der Waals surface area contributed by atoms with E-state index in [1.165, 1.54) is 13.8 Å². The molecule has 9 nitrogen and oxygen atoms in total. The maximum atomic E-state index is 13.0. The minimum absolute atomic E-state index is 0.0339. The van der Waals surface area contributed by atoms with Gasteiger partial charge in [0.2, 0.25) is 15.9 Å². The summed E-state index contributed by atoms with van der Waals surface area (Å²) in [6.07, 6.45) is 3.73. The van der Waals surface area contributed by atoms with Crippen LogP contribution in [0.1, 0.15) is 56.4 Å². The molecule has 2 atom stereocenters. The highest BCUT2D eigenvalue weighted by atomic mass is 32.2. The van der Waals surface area contributed by atoms with Gasteiger partial charge in [-0.3, -0.25) is 9.59 Å². The van der Waals surface area contributed by atoms with Crippen LogP contribution in [0.25, 0.3) is 0 Å². The van der Waals surface area contributed by atoms with Crippen LogP contribution < -0.4 is 10.0 Å². The quantitative estimate of drug-likeness (QED) is 0.654. The second-order valence-corrected chi connectivity index (χ2v) is 9.19. The van der Waals surface area contributed by atoms with E-state index in [0.29, 0.717) is 32.1 Å². The number of carboxylic acid groups (broad SMARTS) is 1. The van der Waals surface area contributed by atoms with Gasteiger partial charge in [-0.2, -0.15) is 4.72 Å². The van der Waals surface area contributed by atoms with Crippen LogP contribution in [0.3, 0.4) is 0 Å². The van der Waals surface area contributed by atoms with E-state index in [0.717, 1.165) is 12.8 Å². The first kappa shape index (κ1) is 19.8. The van der Waals surface area contributed by atoms with Crippen molar-refractivity contribution in [3.05, 3.63) is 11.5 Å².